The van der Waals surface area contributed by atoms with Crippen LogP contribution in [0.5, 0.6) is 0 Å². The van der Waals surface area contributed by atoms with Crippen molar-refractivity contribution in [3.8, 4) is 6.07 Å². The number of hydrogen-bond donors (Lipinski definition) is 1. The van der Waals surface area contributed by atoms with Gasteiger partial charge in [0.1, 0.15) is 6.07 Å². The first kappa shape index (κ1) is 12.1. The first-order chi connectivity index (χ1) is 8.70. The smallest absolute Gasteiger partial charge is 0.309 e. The monoisotopic (exact) mass is 244 g/mol. The fraction of sp³-hybridized carbons (Fsp3) is 0.308. The third kappa shape index (κ3) is 3.08. The summed E-state index contributed by atoms with van der Waals surface area (Å²) in [6, 6.07) is 8.62. The van der Waals surface area contributed by atoms with Crippen LogP contribution in [0.1, 0.15) is 18.4 Å². The van der Waals surface area contributed by atoms with E-state index in [-0.39, 0.29) is 18.5 Å². The van der Waals surface area contributed by atoms with E-state index in [1.807, 2.05) is 6.07 Å². The van der Waals surface area contributed by atoms with Crippen molar-refractivity contribution in [2.45, 2.75) is 12.8 Å². The van der Waals surface area contributed by atoms with Crippen LogP contribution in [0.25, 0.3) is 0 Å². The van der Waals surface area contributed by atoms with Gasteiger partial charge in [-0.15, -0.1) is 0 Å². The van der Waals surface area contributed by atoms with Crippen LogP contribution in [-0.2, 0) is 14.3 Å². The largest absolute Gasteiger partial charge is 0.455 e. The summed E-state index contributed by atoms with van der Waals surface area (Å²) in [6.07, 6.45) is 1.69. The average molecular weight is 244 g/mol. The van der Waals surface area contributed by atoms with Crippen LogP contribution in [-0.4, -0.2) is 18.5 Å². The normalized spacial score (nSPS) is 13.5. The highest BCUT2D eigenvalue weighted by Crippen LogP contribution is 2.29. The second-order valence-electron chi connectivity index (χ2n) is 4.09. The molecule has 18 heavy (non-hydrogen) atoms. The van der Waals surface area contributed by atoms with E-state index < -0.39 is 5.91 Å². The number of carbonyl (C=O) groups excluding carboxylic acids is 2. The standard InChI is InChI=1S/C13H12N2O3/c14-7-10-3-1-2-4-11(10)15-12(16)8-18-13(17)9-5-6-9/h1-4,9H,5-6,8H2,(H,15,16). The Morgan fingerprint density at radius 2 is 2.11 bits per heavy atom. The molecule has 0 heterocycles. The molecule has 1 aromatic carbocycles. The van der Waals surface area contributed by atoms with Crippen LogP contribution in [0.3, 0.4) is 0 Å². The molecule has 1 aliphatic carbocycles. The minimum Gasteiger partial charge on any atom is -0.455 e. The molecule has 0 atom stereocenters. The fourth-order valence-electron chi connectivity index (χ4n) is 1.45. The van der Waals surface area contributed by atoms with Crippen molar-refractivity contribution >= 4 is 17.6 Å². The van der Waals surface area contributed by atoms with Crippen molar-refractivity contribution in [2.24, 2.45) is 5.92 Å². The molecule has 0 saturated heterocycles. The molecule has 0 aromatic heterocycles. The number of rotatable bonds is 4. The Bertz CT molecular complexity index is 515. The molecule has 0 unspecified atom stereocenters. The van der Waals surface area contributed by atoms with Crippen molar-refractivity contribution in [3.05, 3.63) is 29.8 Å². The number of nitrogens with one attached hydrogen (secondary N) is 1. The van der Waals surface area contributed by atoms with Crippen molar-refractivity contribution in [1.82, 2.24) is 0 Å². The van der Waals surface area contributed by atoms with Gasteiger partial charge >= 0.3 is 5.97 Å². The van der Waals surface area contributed by atoms with Gasteiger partial charge in [-0.1, -0.05) is 12.1 Å². The Morgan fingerprint density at radius 1 is 1.39 bits per heavy atom. The molecule has 2 rings (SSSR count). The number of ether oxygens (including phenoxy) is 1. The van der Waals surface area contributed by atoms with E-state index in [2.05, 4.69) is 5.32 Å². The summed E-state index contributed by atoms with van der Waals surface area (Å²) < 4.78 is 4.84. The quantitative estimate of drug-likeness (QED) is 0.813. The third-order valence-corrected chi connectivity index (χ3v) is 2.58. The molecule has 0 aliphatic heterocycles. The Morgan fingerprint density at radius 3 is 2.78 bits per heavy atom. The van der Waals surface area contributed by atoms with Gasteiger partial charge in [0.05, 0.1) is 17.2 Å². The van der Waals surface area contributed by atoms with E-state index >= 15 is 0 Å². The minimum atomic E-state index is -0.438. The van der Waals surface area contributed by atoms with Crippen molar-refractivity contribution in [2.75, 3.05) is 11.9 Å². The number of nitrogens with zero attached hydrogens (tertiary/aromatic N) is 1. The van der Waals surface area contributed by atoms with Gasteiger partial charge in [-0.05, 0) is 25.0 Å². The maximum atomic E-state index is 11.5. The molecule has 0 bridgehead atoms. The minimum absolute atomic E-state index is 0.0239. The molecule has 1 amide bonds. The van der Waals surface area contributed by atoms with Gasteiger partial charge in [0.25, 0.3) is 5.91 Å². The number of para-hydroxylation sites is 1. The maximum absolute atomic E-state index is 11.5. The number of carbonyl (C=O) groups is 2. The molecular weight excluding hydrogens is 232 g/mol. The lowest BCUT2D eigenvalue weighted by molar-refractivity contribution is -0.148. The van der Waals surface area contributed by atoms with Gasteiger partial charge in [0, 0.05) is 0 Å². The lowest BCUT2D eigenvalue weighted by Gasteiger charge is -2.07. The molecule has 5 heteroatoms. The number of anilines is 1. The Labute approximate surface area is 104 Å². The van der Waals surface area contributed by atoms with Gasteiger partial charge in [-0.3, -0.25) is 9.59 Å². The third-order valence-electron chi connectivity index (χ3n) is 2.58. The Hall–Kier alpha value is -2.35. The summed E-state index contributed by atoms with van der Waals surface area (Å²) in [6.45, 7) is -0.310. The Balaban J connectivity index is 1.86. The topological polar surface area (TPSA) is 79.2 Å². The highest BCUT2D eigenvalue weighted by Gasteiger charge is 2.31. The van der Waals surface area contributed by atoms with Crippen LogP contribution in [0.15, 0.2) is 24.3 Å². The van der Waals surface area contributed by atoms with E-state index in [4.69, 9.17) is 10.00 Å². The number of esters is 1. The summed E-state index contributed by atoms with van der Waals surface area (Å²) in [4.78, 5) is 22.8. The molecule has 1 N–H and O–H groups in total. The second kappa shape index (κ2) is 5.32. The molecule has 0 radical (unpaired) electrons. The predicted molar refractivity (Wildman–Crippen MR) is 63.5 cm³/mol. The molecule has 1 aliphatic rings. The van der Waals surface area contributed by atoms with E-state index in [1.54, 1.807) is 24.3 Å². The van der Waals surface area contributed by atoms with Crippen molar-refractivity contribution in [3.63, 3.8) is 0 Å². The predicted octanol–water partition coefficient (Wildman–Crippen LogP) is 1.45. The molecule has 0 spiro atoms. The number of nitriles is 1. The molecule has 1 saturated carbocycles. The van der Waals surface area contributed by atoms with Gasteiger partial charge in [-0.25, -0.2) is 0 Å². The highest BCUT2D eigenvalue weighted by atomic mass is 16.5. The first-order valence-electron chi connectivity index (χ1n) is 5.66. The van der Waals surface area contributed by atoms with Gasteiger partial charge < -0.3 is 10.1 Å². The summed E-state index contributed by atoms with van der Waals surface area (Å²) in [5.74, 6) is -0.783. The number of amides is 1. The van der Waals surface area contributed by atoms with Gasteiger partial charge in [-0.2, -0.15) is 5.26 Å². The fourth-order valence-corrected chi connectivity index (χ4v) is 1.45. The zero-order chi connectivity index (χ0) is 13.0. The molecule has 92 valence electrons. The van der Waals surface area contributed by atoms with Crippen LogP contribution < -0.4 is 5.32 Å². The number of hydrogen-bond acceptors (Lipinski definition) is 4. The summed E-state index contributed by atoms with van der Waals surface area (Å²) in [7, 11) is 0. The van der Waals surface area contributed by atoms with E-state index in [1.165, 1.54) is 0 Å². The average Bonchev–Trinajstić information content (AvgIpc) is 3.21. The molecular formula is C13H12N2O3. The van der Waals surface area contributed by atoms with Crippen molar-refractivity contribution < 1.29 is 14.3 Å². The zero-order valence-corrected chi connectivity index (χ0v) is 9.68. The van der Waals surface area contributed by atoms with E-state index in [0.29, 0.717) is 11.3 Å². The lowest BCUT2D eigenvalue weighted by atomic mass is 10.2. The van der Waals surface area contributed by atoms with E-state index in [0.717, 1.165) is 12.8 Å². The van der Waals surface area contributed by atoms with Crippen LogP contribution in [0.2, 0.25) is 0 Å². The summed E-state index contributed by atoms with van der Waals surface area (Å²) in [5.41, 5.74) is 0.798. The SMILES string of the molecule is N#Cc1ccccc1NC(=O)COC(=O)C1CC1. The Kier molecular flexibility index (Phi) is 3.58. The molecule has 5 nitrogen and oxygen atoms in total. The van der Waals surface area contributed by atoms with Crippen LogP contribution in [0.4, 0.5) is 5.69 Å². The molecule has 1 aromatic rings. The lowest BCUT2D eigenvalue weighted by Crippen LogP contribution is -2.21. The van der Waals surface area contributed by atoms with Gasteiger partial charge in [0.2, 0.25) is 0 Å². The number of benzene rings is 1. The second-order valence-corrected chi connectivity index (χ2v) is 4.09. The van der Waals surface area contributed by atoms with Crippen LogP contribution >= 0.6 is 0 Å². The van der Waals surface area contributed by atoms with Gasteiger partial charge in [0.15, 0.2) is 6.61 Å². The highest BCUT2D eigenvalue weighted by molar-refractivity contribution is 5.94. The van der Waals surface area contributed by atoms with Crippen LogP contribution in [0, 0.1) is 17.2 Å². The first-order valence-corrected chi connectivity index (χ1v) is 5.66. The maximum Gasteiger partial charge on any atom is 0.309 e. The summed E-state index contributed by atoms with van der Waals surface area (Å²) >= 11 is 0. The van der Waals surface area contributed by atoms with Crippen molar-refractivity contribution in [1.29, 1.82) is 5.26 Å². The summed E-state index contributed by atoms with van der Waals surface area (Å²) in [5, 5.41) is 11.4. The zero-order valence-electron chi connectivity index (χ0n) is 9.68. The molecule has 1 fully saturated rings. The van der Waals surface area contributed by atoms with E-state index in [9.17, 15) is 9.59 Å².